The van der Waals surface area contributed by atoms with E-state index < -0.39 is 11.7 Å². The van der Waals surface area contributed by atoms with Crippen molar-refractivity contribution in [1.82, 2.24) is 9.97 Å². The van der Waals surface area contributed by atoms with E-state index >= 15 is 0 Å². The van der Waals surface area contributed by atoms with Crippen molar-refractivity contribution in [1.29, 1.82) is 0 Å². The van der Waals surface area contributed by atoms with Crippen LogP contribution in [0.2, 0.25) is 5.15 Å². The van der Waals surface area contributed by atoms with Crippen molar-refractivity contribution in [2.45, 2.75) is 17.7 Å². The maximum Gasteiger partial charge on any atom is 0.416 e. The van der Waals surface area contributed by atoms with Gasteiger partial charge in [0.2, 0.25) is 0 Å². The highest BCUT2D eigenvalue weighted by Gasteiger charge is 2.30. The second kappa shape index (κ2) is 4.93. The minimum absolute atomic E-state index is 0.238. The molecule has 7 heteroatoms. The van der Waals surface area contributed by atoms with Crippen LogP contribution in [-0.2, 0) is 17.7 Å². The second-order valence-electron chi connectivity index (χ2n) is 4.33. The fourth-order valence-electron chi connectivity index (χ4n) is 1.98. The van der Waals surface area contributed by atoms with Gasteiger partial charge < -0.3 is 0 Å². The van der Waals surface area contributed by atoms with Crippen LogP contribution in [0.3, 0.4) is 0 Å². The van der Waals surface area contributed by atoms with E-state index in [0.717, 1.165) is 29.1 Å². The molecule has 1 aliphatic heterocycles. The minimum atomic E-state index is -4.38. The molecular weight excluding hydrogens is 309 g/mol. The molecule has 0 spiro atoms. The first kappa shape index (κ1) is 13.7. The zero-order valence-corrected chi connectivity index (χ0v) is 11.6. The van der Waals surface area contributed by atoms with Gasteiger partial charge in [0.25, 0.3) is 0 Å². The van der Waals surface area contributed by atoms with Crippen LogP contribution in [0.5, 0.6) is 0 Å². The highest BCUT2D eigenvalue weighted by molar-refractivity contribution is 7.98. The summed E-state index contributed by atoms with van der Waals surface area (Å²) in [7, 11) is 0. The summed E-state index contributed by atoms with van der Waals surface area (Å²) in [4.78, 5) is 8.44. The molecule has 0 aliphatic carbocycles. The van der Waals surface area contributed by atoms with E-state index in [-0.39, 0.29) is 5.82 Å². The predicted molar refractivity (Wildman–Crippen MR) is 72.5 cm³/mol. The molecule has 0 unspecified atom stereocenters. The highest BCUT2D eigenvalue weighted by Crippen LogP contribution is 2.35. The zero-order chi connectivity index (χ0) is 14.3. The number of hydrogen-bond donors (Lipinski definition) is 0. The van der Waals surface area contributed by atoms with Gasteiger partial charge in [0.05, 0.1) is 11.3 Å². The Balaban J connectivity index is 2.08. The minimum Gasteiger partial charge on any atom is -0.232 e. The Bertz CT molecular complexity index is 673. The summed E-state index contributed by atoms with van der Waals surface area (Å²) in [6.45, 7) is 0. The summed E-state index contributed by atoms with van der Waals surface area (Å²) in [6.07, 6.45) is -4.38. The maximum absolute atomic E-state index is 12.7. The number of fused-ring (bicyclic) bond motifs is 1. The van der Waals surface area contributed by atoms with E-state index in [4.69, 9.17) is 11.6 Å². The van der Waals surface area contributed by atoms with Gasteiger partial charge in [-0.3, -0.25) is 0 Å². The topological polar surface area (TPSA) is 25.8 Å². The number of benzene rings is 1. The molecule has 0 saturated carbocycles. The number of alkyl halides is 3. The molecular formula is C13H8ClF3N2S. The lowest BCUT2D eigenvalue weighted by atomic mass is 10.1. The Morgan fingerprint density at radius 1 is 1.15 bits per heavy atom. The zero-order valence-electron chi connectivity index (χ0n) is 10.0. The first-order chi connectivity index (χ1) is 9.45. The van der Waals surface area contributed by atoms with Crippen molar-refractivity contribution >= 4 is 23.4 Å². The van der Waals surface area contributed by atoms with Crippen molar-refractivity contribution in [3.05, 3.63) is 46.2 Å². The van der Waals surface area contributed by atoms with E-state index in [9.17, 15) is 13.2 Å². The molecule has 0 bridgehead atoms. The second-order valence-corrected chi connectivity index (χ2v) is 5.68. The van der Waals surface area contributed by atoms with Crippen molar-refractivity contribution in [2.24, 2.45) is 0 Å². The van der Waals surface area contributed by atoms with Gasteiger partial charge in [0, 0.05) is 22.6 Å². The van der Waals surface area contributed by atoms with Gasteiger partial charge in [-0.25, -0.2) is 9.97 Å². The lowest BCUT2D eigenvalue weighted by Crippen LogP contribution is -2.05. The van der Waals surface area contributed by atoms with Crippen LogP contribution in [-0.4, -0.2) is 9.97 Å². The molecule has 0 atom stereocenters. The monoisotopic (exact) mass is 316 g/mol. The SMILES string of the molecule is FC(F)(F)c1cccc(-c2nc(Cl)c3c(n2)CSC3)c1. The Kier molecular flexibility index (Phi) is 3.38. The first-order valence-electron chi connectivity index (χ1n) is 5.76. The first-order valence-corrected chi connectivity index (χ1v) is 7.29. The molecule has 0 radical (unpaired) electrons. The third-order valence-electron chi connectivity index (χ3n) is 2.98. The average molecular weight is 317 g/mol. The highest BCUT2D eigenvalue weighted by atomic mass is 35.5. The van der Waals surface area contributed by atoms with Crippen LogP contribution < -0.4 is 0 Å². The Morgan fingerprint density at radius 3 is 2.70 bits per heavy atom. The van der Waals surface area contributed by atoms with Crippen molar-refractivity contribution in [3.63, 3.8) is 0 Å². The van der Waals surface area contributed by atoms with Gasteiger partial charge in [0.15, 0.2) is 5.82 Å². The number of rotatable bonds is 1. The Morgan fingerprint density at radius 2 is 1.95 bits per heavy atom. The molecule has 2 heterocycles. The third kappa shape index (κ3) is 2.50. The summed E-state index contributed by atoms with van der Waals surface area (Å²) in [6, 6.07) is 4.96. The lowest BCUT2D eigenvalue weighted by molar-refractivity contribution is -0.137. The number of aromatic nitrogens is 2. The van der Waals surface area contributed by atoms with Crippen LogP contribution in [0.4, 0.5) is 13.2 Å². The molecule has 0 amide bonds. The molecule has 0 N–H and O–H groups in total. The summed E-state index contributed by atoms with van der Waals surface area (Å²) >= 11 is 7.73. The standard InChI is InChI=1S/C13H8ClF3N2S/c14-11-9-5-20-6-10(9)18-12(19-11)7-2-1-3-8(4-7)13(15,16)17/h1-4H,5-6H2. The maximum atomic E-state index is 12.7. The molecule has 0 fully saturated rings. The number of hydrogen-bond acceptors (Lipinski definition) is 3. The Labute approximate surface area is 122 Å². The summed E-state index contributed by atoms with van der Waals surface area (Å²) in [5, 5.41) is 0.326. The smallest absolute Gasteiger partial charge is 0.232 e. The molecule has 1 aliphatic rings. The molecule has 3 rings (SSSR count). The summed E-state index contributed by atoms with van der Waals surface area (Å²) in [5.41, 5.74) is 1.29. The van der Waals surface area contributed by atoms with E-state index in [1.807, 2.05) is 0 Å². The molecule has 2 aromatic rings. The van der Waals surface area contributed by atoms with E-state index in [2.05, 4.69) is 9.97 Å². The van der Waals surface area contributed by atoms with Crippen molar-refractivity contribution in [2.75, 3.05) is 0 Å². The molecule has 1 aromatic heterocycles. The number of nitrogens with zero attached hydrogens (tertiary/aromatic N) is 2. The van der Waals surface area contributed by atoms with Gasteiger partial charge >= 0.3 is 6.18 Å². The number of halogens is 4. The predicted octanol–water partition coefficient (Wildman–Crippen LogP) is 4.56. The van der Waals surface area contributed by atoms with Crippen molar-refractivity contribution < 1.29 is 13.2 Å². The van der Waals surface area contributed by atoms with Crippen LogP contribution in [0.25, 0.3) is 11.4 Å². The van der Waals surface area contributed by atoms with Gasteiger partial charge in [-0.1, -0.05) is 23.7 Å². The fourth-order valence-corrected chi connectivity index (χ4v) is 3.35. The van der Waals surface area contributed by atoms with Gasteiger partial charge in [-0.2, -0.15) is 24.9 Å². The van der Waals surface area contributed by atoms with E-state index in [1.165, 1.54) is 6.07 Å². The largest absolute Gasteiger partial charge is 0.416 e. The quantitative estimate of drug-likeness (QED) is 0.721. The third-order valence-corrected chi connectivity index (χ3v) is 4.26. The number of thioether (sulfide) groups is 1. The van der Waals surface area contributed by atoms with Crippen LogP contribution in [0.15, 0.2) is 24.3 Å². The molecule has 104 valence electrons. The summed E-state index contributed by atoms with van der Waals surface area (Å²) < 4.78 is 38.1. The normalized spacial score (nSPS) is 14.4. The molecule has 20 heavy (non-hydrogen) atoms. The fraction of sp³-hybridized carbons (Fsp3) is 0.231. The lowest BCUT2D eigenvalue weighted by Gasteiger charge is -2.09. The van der Waals surface area contributed by atoms with Crippen molar-refractivity contribution in [3.8, 4) is 11.4 Å². The van der Waals surface area contributed by atoms with Crippen LogP contribution in [0.1, 0.15) is 16.8 Å². The van der Waals surface area contributed by atoms with E-state index in [1.54, 1.807) is 17.8 Å². The van der Waals surface area contributed by atoms with E-state index in [0.29, 0.717) is 16.5 Å². The van der Waals surface area contributed by atoms with Gasteiger partial charge in [-0.15, -0.1) is 0 Å². The van der Waals surface area contributed by atoms with Gasteiger partial charge in [0.1, 0.15) is 5.15 Å². The summed E-state index contributed by atoms with van der Waals surface area (Å²) in [5.74, 6) is 1.70. The molecule has 0 saturated heterocycles. The van der Waals surface area contributed by atoms with Gasteiger partial charge in [-0.05, 0) is 12.1 Å². The molecule has 1 aromatic carbocycles. The van der Waals surface area contributed by atoms with Crippen LogP contribution in [0, 0.1) is 0 Å². The average Bonchev–Trinajstić information content (AvgIpc) is 2.87. The molecule has 2 nitrogen and oxygen atoms in total. The Hall–Kier alpha value is -1.27. The van der Waals surface area contributed by atoms with Crippen LogP contribution >= 0.6 is 23.4 Å².